The fourth-order valence-corrected chi connectivity index (χ4v) is 5.58. The molecule has 3 rings (SSSR count). The second kappa shape index (κ2) is 5.27. The summed E-state index contributed by atoms with van der Waals surface area (Å²) in [7, 11) is -3.45. The zero-order valence-corrected chi connectivity index (χ0v) is 13.4. The fourth-order valence-electron chi connectivity index (χ4n) is 2.43. The molecule has 2 aromatic rings. The van der Waals surface area contributed by atoms with Gasteiger partial charge in [-0.2, -0.15) is 4.31 Å². The molecule has 20 heavy (non-hydrogen) atoms. The van der Waals surface area contributed by atoms with Crippen molar-refractivity contribution >= 4 is 43.0 Å². The van der Waals surface area contributed by atoms with E-state index < -0.39 is 10.0 Å². The molecule has 7 heteroatoms. The molecule has 4 nitrogen and oxygen atoms in total. The highest BCUT2D eigenvalue weighted by atomic mass is 35.5. The first kappa shape index (κ1) is 14.3. The Morgan fingerprint density at radius 2 is 2.25 bits per heavy atom. The van der Waals surface area contributed by atoms with Crippen LogP contribution in [0.3, 0.4) is 0 Å². The lowest BCUT2D eigenvalue weighted by atomic mass is 10.3. The van der Waals surface area contributed by atoms with Crippen molar-refractivity contribution in [3.8, 4) is 0 Å². The molecule has 0 spiro atoms. The lowest BCUT2D eigenvalue weighted by molar-refractivity contribution is 0.310. The van der Waals surface area contributed by atoms with Gasteiger partial charge in [0.05, 0.1) is 0 Å². The summed E-state index contributed by atoms with van der Waals surface area (Å²) in [6.45, 7) is 3.68. The number of halogens is 1. The molecule has 1 unspecified atom stereocenters. The van der Waals surface area contributed by atoms with Crippen LogP contribution in [-0.4, -0.2) is 38.4 Å². The fraction of sp³-hybridized carbons (Fsp3) is 0.385. The van der Waals surface area contributed by atoms with Crippen molar-refractivity contribution in [2.24, 2.45) is 0 Å². The van der Waals surface area contributed by atoms with Crippen molar-refractivity contribution < 1.29 is 8.42 Å². The summed E-state index contributed by atoms with van der Waals surface area (Å²) < 4.78 is 28.1. The monoisotopic (exact) mass is 330 g/mol. The molecule has 0 radical (unpaired) electrons. The number of nitrogens with one attached hydrogen (secondary N) is 1. The summed E-state index contributed by atoms with van der Waals surface area (Å²) >= 11 is 7.43. The predicted molar refractivity (Wildman–Crippen MR) is 83.1 cm³/mol. The topological polar surface area (TPSA) is 49.4 Å². The first-order valence-electron chi connectivity index (χ1n) is 6.39. The van der Waals surface area contributed by atoms with Gasteiger partial charge in [-0.3, -0.25) is 0 Å². The number of hydrogen-bond donors (Lipinski definition) is 1. The van der Waals surface area contributed by atoms with Gasteiger partial charge in [0.2, 0.25) is 10.0 Å². The highest BCUT2D eigenvalue weighted by Crippen LogP contribution is 2.33. The van der Waals surface area contributed by atoms with E-state index in [-0.39, 0.29) is 6.04 Å². The van der Waals surface area contributed by atoms with Crippen LogP contribution in [0, 0.1) is 0 Å². The Balaban J connectivity index is 2.07. The second-order valence-electron chi connectivity index (χ2n) is 4.96. The first-order valence-corrected chi connectivity index (χ1v) is 9.08. The molecule has 1 aromatic carbocycles. The molecule has 0 aliphatic carbocycles. The first-order chi connectivity index (χ1) is 9.48. The van der Waals surface area contributed by atoms with E-state index in [9.17, 15) is 8.42 Å². The van der Waals surface area contributed by atoms with Crippen molar-refractivity contribution in [2.45, 2.75) is 17.9 Å². The molecule has 1 N–H and O–H groups in total. The minimum absolute atomic E-state index is 0.173. The molecule has 1 aliphatic rings. The van der Waals surface area contributed by atoms with Gasteiger partial charge in [-0.1, -0.05) is 11.6 Å². The quantitative estimate of drug-likeness (QED) is 0.920. The maximum Gasteiger partial charge on any atom is 0.244 e. The lowest BCUT2D eigenvalue weighted by Gasteiger charge is -2.30. The summed E-state index contributed by atoms with van der Waals surface area (Å²) in [6, 6.07) is 5.55. The Hall–Kier alpha value is -0.660. The SMILES string of the molecule is CC1CN(S(=O)(=O)c2csc3ccc(Cl)cc23)CCN1. The minimum Gasteiger partial charge on any atom is -0.312 e. The average Bonchev–Trinajstić information content (AvgIpc) is 2.82. The standard InChI is InChI=1S/C13H15ClN2O2S2/c1-9-7-16(5-4-15-9)20(17,18)13-8-19-12-3-2-10(14)6-11(12)13/h2-3,6,8-9,15H,4-5,7H2,1H3. The van der Waals surface area contributed by atoms with Crippen LogP contribution in [-0.2, 0) is 10.0 Å². The highest BCUT2D eigenvalue weighted by Gasteiger charge is 2.30. The van der Waals surface area contributed by atoms with E-state index in [0.29, 0.717) is 34.9 Å². The molecular formula is C13H15ClN2O2S2. The van der Waals surface area contributed by atoms with Crippen molar-refractivity contribution in [1.29, 1.82) is 0 Å². The number of piperazine rings is 1. The summed E-state index contributed by atoms with van der Waals surface area (Å²) in [5, 5.41) is 6.24. The third-order valence-corrected chi connectivity index (χ3v) is 6.70. The lowest BCUT2D eigenvalue weighted by Crippen LogP contribution is -2.51. The Morgan fingerprint density at radius 1 is 1.45 bits per heavy atom. The molecule has 0 bridgehead atoms. The molecule has 0 amide bonds. The van der Waals surface area contributed by atoms with Crippen LogP contribution in [0.15, 0.2) is 28.5 Å². The third-order valence-electron chi connectivity index (χ3n) is 3.45. The van der Waals surface area contributed by atoms with Gasteiger partial charge in [0.25, 0.3) is 0 Å². The van der Waals surface area contributed by atoms with Crippen LogP contribution in [0.4, 0.5) is 0 Å². The summed E-state index contributed by atoms with van der Waals surface area (Å²) in [5.41, 5.74) is 0. The number of thiophene rings is 1. The van der Waals surface area contributed by atoms with Gasteiger partial charge in [0, 0.05) is 46.2 Å². The minimum atomic E-state index is -3.45. The van der Waals surface area contributed by atoms with Crippen LogP contribution in [0.25, 0.3) is 10.1 Å². The molecule has 2 heterocycles. The number of fused-ring (bicyclic) bond motifs is 1. The van der Waals surface area contributed by atoms with Crippen LogP contribution in [0.5, 0.6) is 0 Å². The predicted octanol–water partition coefficient (Wildman–Crippen LogP) is 2.54. The van der Waals surface area contributed by atoms with E-state index in [1.165, 1.54) is 11.3 Å². The molecule has 0 saturated carbocycles. The Morgan fingerprint density at radius 3 is 3.00 bits per heavy atom. The van der Waals surface area contributed by atoms with Crippen LogP contribution in [0.1, 0.15) is 6.92 Å². The van der Waals surface area contributed by atoms with Gasteiger partial charge in [-0.25, -0.2) is 8.42 Å². The van der Waals surface area contributed by atoms with Gasteiger partial charge >= 0.3 is 0 Å². The van der Waals surface area contributed by atoms with Gasteiger partial charge in [-0.05, 0) is 25.1 Å². The molecule has 1 aromatic heterocycles. The molecule has 1 aliphatic heterocycles. The summed E-state index contributed by atoms with van der Waals surface area (Å²) in [5.74, 6) is 0. The van der Waals surface area contributed by atoms with E-state index >= 15 is 0 Å². The van der Waals surface area contributed by atoms with Gasteiger partial charge in [0.15, 0.2) is 0 Å². The normalized spacial score (nSPS) is 21.4. The largest absolute Gasteiger partial charge is 0.312 e. The van der Waals surface area contributed by atoms with E-state index in [4.69, 9.17) is 11.6 Å². The van der Waals surface area contributed by atoms with Crippen LogP contribution >= 0.6 is 22.9 Å². The van der Waals surface area contributed by atoms with Gasteiger partial charge < -0.3 is 5.32 Å². The van der Waals surface area contributed by atoms with Crippen molar-refractivity contribution in [1.82, 2.24) is 9.62 Å². The number of hydrogen-bond acceptors (Lipinski definition) is 4. The Labute approximate surface area is 127 Å². The molecule has 1 saturated heterocycles. The molecule has 108 valence electrons. The number of benzene rings is 1. The van der Waals surface area contributed by atoms with E-state index in [1.54, 1.807) is 21.8 Å². The van der Waals surface area contributed by atoms with Crippen molar-refractivity contribution in [2.75, 3.05) is 19.6 Å². The number of sulfonamides is 1. The smallest absolute Gasteiger partial charge is 0.244 e. The Bertz CT molecular complexity index is 742. The van der Waals surface area contributed by atoms with Crippen LogP contribution < -0.4 is 5.32 Å². The number of nitrogens with zero attached hydrogens (tertiary/aromatic N) is 1. The maximum absolute atomic E-state index is 12.8. The van der Waals surface area contributed by atoms with Crippen LogP contribution in [0.2, 0.25) is 5.02 Å². The summed E-state index contributed by atoms with van der Waals surface area (Å²) in [6.07, 6.45) is 0. The molecular weight excluding hydrogens is 316 g/mol. The third kappa shape index (κ3) is 2.46. The number of rotatable bonds is 2. The summed E-state index contributed by atoms with van der Waals surface area (Å²) in [4.78, 5) is 0.370. The van der Waals surface area contributed by atoms with E-state index in [1.807, 2.05) is 13.0 Å². The van der Waals surface area contributed by atoms with Gasteiger partial charge in [-0.15, -0.1) is 11.3 Å². The zero-order valence-electron chi connectivity index (χ0n) is 11.0. The van der Waals surface area contributed by atoms with E-state index in [2.05, 4.69) is 5.32 Å². The maximum atomic E-state index is 12.8. The second-order valence-corrected chi connectivity index (χ2v) is 8.21. The van der Waals surface area contributed by atoms with Crippen molar-refractivity contribution in [3.05, 3.63) is 28.6 Å². The van der Waals surface area contributed by atoms with Gasteiger partial charge in [0.1, 0.15) is 4.90 Å². The molecule has 1 atom stereocenters. The highest BCUT2D eigenvalue weighted by molar-refractivity contribution is 7.89. The van der Waals surface area contributed by atoms with Crippen molar-refractivity contribution in [3.63, 3.8) is 0 Å². The Kier molecular flexibility index (Phi) is 3.77. The zero-order chi connectivity index (χ0) is 14.3. The average molecular weight is 331 g/mol. The van der Waals surface area contributed by atoms with E-state index in [0.717, 1.165) is 4.70 Å². The molecule has 1 fully saturated rings.